The molecular weight excluding hydrogens is 400 g/mol. The molecule has 9 nitrogen and oxygen atoms in total. The Morgan fingerprint density at radius 2 is 1.68 bits per heavy atom. The third-order valence-corrected chi connectivity index (χ3v) is 5.47. The van der Waals surface area contributed by atoms with E-state index < -0.39 is 35.2 Å². The molecule has 4 rings (SSSR count). The second kappa shape index (κ2) is 7.35. The van der Waals surface area contributed by atoms with Gasteiger partial charge in [-0.1, -0.05) is 42.0 Å². The van der Waals surface area contributed by atoms with Gasteiger partial charge in [-0.25, -0.2) is 4.79 Å². The van der Waals surface area contributed by atoms with Crippen LogP contribution in [0.3, 0.4) is 0 Å². The maximum Gasteiger partial charge on any atom is 0.344 e. The summed E-state index contributed by atoms with van der Waals surface area (Å²) in [5.74, 6) is -2.25. The highest BCUT2D eigenvalue weighted by molar-refractivity contribution is 6.21. The molecule has 0 aromatic heterocycles. The minimum atomic E-state index is -1.31. The lowest BCUT2D eigenvalue weighted by molar-refractivity contribution is -0.139. The molecule has 31 heavy (non-hydrogen) atoms. The molecule has 2 aliphatic rings. The molecule has 2 aromatic rings. The Morgan fingerprint density at radius 3 is 2.39 bits per heavy atom. The van der Waals surface area contributed by atoms with E-state index in [1.54, 1.807) is 55.5 Å². The number of hydrazine groups is 1. The molecule has 6 amide bonds. The van der Waals surface area contributed by atoms with Crippen molar-refractivity contribution in [2.24, 2.45) is 0 Å². The van der Waals surface area contributed by atoms with Crippen LogP contribution in [0.4, 0.5) is 4.79 Å². The van der Waals surface area contributed by atoms with Gasteiger partial charge in [-0.3, -0.25) is 29.5 Å². The van der Waals surface area contributed by atoms with Crippen molar-refractivity contribution in [3.05, 3.63) is 70.8 Å². The van der Waals surface area contributed by atoms with Crippen molar-refractivity contribution in [1.82, 2.24) is 20.7 Å². The molecule has 0 saturated carbocycles. The molecule has 1 saturated heterocycles. The first-order valence-corrected chi connectivity index (χ1v) is 9.71. The zero-order valence-electron chi connectivity index (χ0n) is 17.0. The van der Waals surface area contributed by atoms with Crippen LogP contribution in [-0.4, -0.2) is 46.1 Å². The van der Waals surface area contributed by atoms with Gasteiger partial charge in [0.15, 0.2) is 0 Å². The van der Waals surface area contributed by atoms with E-state index in [1.165, 1.54) is 0 Å². The lowest BCUT2D eigenvalue weighted by atomic mass is 9.92. The van der Waals surface area contributed by atoms with Gasteiger partial charge in [0.1, 0.15) is 5.54 Å². The number of carbonyl (C=O) groups excluding carboxylic acids is 5. The van der Waals surface area contributed by atoms with Crippen LogP contribution in [0.2, 0.25) is 0 Å². The lowest BCUT2D eigenvalue weighted by Crippen LogP contribution is -2.48. The van der Waals surface area contributed by atoms with Crippen LogP contribution in [0.25, 0.3) is 0 Å². The monoisotopic (exact) mass is 420 g/mol. The van der Waals surface area contributed by atoms with Crippen molar-refractivity contribution >= 4 is 29.7 Å². The van der Waals surface area contributed by atoms with Crippen LogP contribution in [0.15, 0.2) is 48.5 Å². The Bertz CT molecular complexity index is 1130. The second-order valence-corrected chi connectivity index (χ2v) is 7.66. The fourth-order valence-corrected chi connectivity index (χ4v) is 3.71. The molecule has 2 heterocycles. The summed E-state index contributed by atoms with van der Waals surface area (Å²) < 4.78 is 0. The second-order valence-electron chi connectivity index (χ2n) is 7.66. The Labute approximate surface area is 178 Å². The lowest BCUT2D eigenvalue weighted by Gasteiger charge is -2.22. The number of carbonyl (C=O) groups is 5. The van der Waals surface area contributed by atoms with Crippen LogP contribution >= 0.6 is 0 Å². The number of hydrogen-bond donors (Lipinski definition) is 2. The van der Waals surface area contributed by atoms with Gasteiger partial charge in [-0.15, -0.1) is 0 Å². The molecule has 2 N–H and O–H groups in total. The number of nitrogens with zero attached hydrogens (tertiary/aromatic N) is 2. The van der Waals surface area contributed by atoms with Crippen molar-refractivity contribution in [1.29, 1.82) is 0 Å². The van der Waals surface area contributed by atoms with Crippen LogP contribution in [0.1, 0.15) is 45.2 Å². The summed E-state index contributed by atoms with van der Waals surface area (Å²) >= 11 is 0. The van der Waals surface area contributed by atoms with Gasteiger partial charge < -0.3 is 5.32 Å². The van der Waals surface area contributed by atoms with Crippen molar-refractivity contribution in [3.63, 3.8) is 0 Å². The molecule has 1 fully saturated rings. The van der Waals surface area contributed by atoms with E-state index in [0.717, 1.165) is 10.5 Å². The average molecular weight is 420 g/mol. The van der Waals surface area contributed by atoms with E-state index >= 15 is 0 Å². The van der Waals surface area contributed by atoms with Gasteiger partial charge in [-0.05, 0) is 31.5 Å². The summed E-state index contributed by atoms with van der Waals surface area (Å²) in [5.41, 5.74) is 2.98. The summed E-state index contributed by atoms with van der Waals surface area (Å²) in [4.78, 5) is 63.5. The SMILES string of the molecule is Cc1ccc2c(c1)C(=O)N(CCC(=O)NN1C(=O)NC(C)(c3ccccc3)C1=O)C2=O. The number of benzene rings is 2. The number of hydrogen-bond acceptors (Lipinski definition) is 5. The highest BCUT2D eigenvalue weighted by Gasteiger charge is 2.50. The van der Waals surface area contributed by atoms with E-state index in [2.05, 4.69) is 10.7 Å². The summed E-state index contributed by atoms with van der Waals surface area (Å²) in [6.45, 7) is 3.20. The normalized spacial score (nSPS) is 20.2. The number of imide groups is 2. The Morgan fingerprint density at radius 1 is 1.00 bits per heavy atom. The quantitative estimate of drug-likeness (QED) is 0.562. The predicted molar refractivity (Wildman–Crippen MR) is 108 cm³/mol. The third-order valence-electron chi connectivity index (χ3n) is 5.47. The Kier molecular flexibility index (Phi) is 4.81. The Hall–Kier alpha value is -4.01. The zero-order chi connectivity index (χ0) is 22.3. The molecule has 2 aromatic carbocycles. The number of urea groups is 1. The van der Waals surface area contributed by atoms with Crippen molar-refractivity contribution < 1.29 is 24.0 Å². The molecule has 9 heteroatoms. The van der Waals surface area contributed by atoms with E-state index in [-0.39, 0.29) is 13.0 Å². The van der Waals surface area contributed by atoms with E-state index in [9.17, 15) is 24.0 Å². The number of nitrogens with one attached hydrogen (secondary N) is 2. The number of amides is 6. The van der Waals surface area contributed by atoms with E-state index in [0.29, 0.717) is 21.7 Å². The summed E-state index contributed by atoms with van der Waals surface area (Å²) in [6, 6.07) is 12.9. The van der Waals surface area contributed by atoms with Crippen molar-refractivity contribution in [3.8, 4) is 0 Å². The van der Waals surface area contributed by atoms with Gasteiger partial charge in [0.05, 0.1) is 11.1 Å². The molecule has 158 valence electrons. The summed E-state index contributed by atoms with van der Waals surface area (Å²) in [7, 11) is 0. The zero-order valence-corrected chi connectivity index (χ0v) is 17.0. The first-order chi connectivity index (χ1) is 14.7. The van der Waals surface area contributed by atoms with Crippen molar-refractivity contribution in [2.75, 3.05) is 6.54 Å². The Balaban J connectivity index is 1.41. The molecule has 1 unspecified atom stereocenters. The highest BCUT2D eigenvalue weighted by Crippen LogP contribution is 2.28. The van der Waals surface area contributed by atoms with Gasteiger partial charge in [0.25, 0.3) is 17.7 Å². The van der Waals surface area contributed by atoms with Crippen LogP contribution < -0.4 is 10.7 Å². The minimum Gasteiger partial charge on any atom is -0.318 e. The minimum absolute atomic E-state index is 0.170. The fourth-order valence-electron chi connectivity index (χ4n) is 3.71. The molecule has 0 aliphatic carbocycles. The number of rotatable bonds is 5. The fraction of sp³-hybridized carbons (Fsp3) is 0.227. The van der Waals surface area contributed by atoms with Crippen LogP contribution in [-0.2, 0) is 15.1 Å². The third kappa shape index (κ3) is 3.33. The molecule has 1 atom stereocenters. The summed E-state index contributed by atoms with van der Waals surface area (Å²) in [5, 5.41) is 3.21. The molecular formula is C22H20N4O5. The number of aryl methyl sites for hydroxylation is 1. The highest BCUT2D eigenvalue weighted by atomic mass is 16.2. The van der Waals surface area contributed by atoms with Gasteiger partial charge in [0.2, 0.25) is 5.91 Å². The van der Waals surface area contributed by atoms with Gasteiger partial charge >= 0.3 is 6.03 Å². The maximum absolute atomic E-state index is 12.8. The predicted octanol–water partition coefficient (Wildman–Crippen LogP) is 1.48. The summed E-state index contributed by atoms with van der Waals surface area (Å²) in [6.07, 6.45) is -0.260. The topological polar surface area (TPSA) is 116 Å². The van der Waals surface area contributed by atoms with E-state index in [1.807, 2.05) is 6.92 Å². The molecule has 0 radical (unpaired) electrons. The largest absolute Gasteiger partial charge is 0.344 e. The van der Waals surface area contributed by atoms with Gasteiger partial charge in [0, 0.05) is 13.0 Å². The molecule has 0 spiro atoms. The molecule has 2 aliphatic heterocycles. The number of fused-ring (bicyclic) bond motifs is 1. The van der Waals surface area contributed by atoms with Gasteiger partial charge in [-0.2, -0.15) is 5.01 Å². The smallest absolute Gasteiger partial charge is 0.318 e. The van der Waals surface area contributed by atoms with E-state index in [4.69, 9.17) is 0 Å². The first kappa shape index (κ1) is 20.3. The van der Waals surface area contributed by atoms with Crippen LogP contribution in [0.5, 0.6) is 0 Å². The average Bonchev–Trinajstić information content (AvgIpc) is 3.12. The maximum atomic E-state index is 12.8. The standard InChI is InChI=1S/C22H20N4O5/c1-13-8-9-15-16(12-13)19(29)25(18(15)28)11-10-17(27)24-26-20(30)22(2,23-21(26)31)14-6-4-3-5-7-14/h3-9,12H,10-11H2,1-2H3,(H,23,31)(H,24,27). The molecule has 0 bridgehead atoms. The first-order valence-electron chi connectivity index (χ1n) is 9.71. The van der Waals surface area contributed by atoms with Crippen molar-refractivity contribution in [2.45, 2.75) is 25.8 Å². The van der Waals surface area contributed by atoms with Crippen LogP contribution in [0, 0.1) is 6.92 Å².